The lowest BCUT2D eigenvalue weighted by molar-refractivity contribution is -0.113. The average molecular weight is 364 g/mol. The number of hydrogen-bond donors (Lipinski definition) is 2. The molecular weight excluding hydrogens is 348 g/mol. The average Bonchev–Trinajstić information content (AvgIpc) is 2.89. The van der Waals surface area contributed by atoms with E-state index in [4.69, 9.17) is 5.73 Å². The van der Waals surface area contributed by atoms with Gasteiger partial charge in [-0.15, -0.1) is 23.1 Å². The number of carbonyl (C=O) groups excluding carboxylic acids is 3. The molecule has 0 atom stereocenters. The summed E-state index contributed by atoms with van der Waals surface area (Å²) >= 11 is 2.35. The summed E-state index contributed by atoms with van der Waals surface area (Å²) in [5.74, 6) is -1.39. The molecule has 1 aromatic carbocycles. The van der Waals surface area contributed by atoms with Gasteiger partial charge in [-0.2, -0.15) is 0 Å². The molecule has 0 unspecified atom stereocenters. The number of hydrogen-bond acceptors (Lipinski definition) is 6. The SMILES string of the molecule is COC(=O)c1sc(NC(=O)CSc2ccccc2)c(C(N)=O)c1C. The predicted molar refractivity (Wildman–Crippen MR) is 94.7 cm³/mol. The summed E-state index contributed by atoms with van der Waals surface area (Å²) in [6.45, 7) is 1.59. The molecule has 6 nitrogen and oxygen atoms in total. The van der Waals surface area contributed by atoms with E-state index in [1.807, 2.05) is 30.3 Å². The quantitative estimate of drug-likeness (QED) is 0.606. The van der Waals surface area contributed by atoms with Gasteiger partial charge >= 0.3 is 5.97 Å². The van der Waals surface area contributed by atoms with Crippen molar-refractivity contribution in [3.8, 4) is 0 Å². The number of thiophene rings is 1. The van der Waals surface area contributed by atoms with Crippen LogP contribution in [-0.4, -0.2) is 30.6 Å². The first-order valence-corrected chi connectivity index (χ1v) is 8.73. The Morgan fingerprint density at radius 1 is 1.25 bits per heavy atom. The van der Waals surface area contributed by atoms with E-state index in [0.717, 1.165) is 16.2 Å². The van der Waals surface area contributed by atoms with Gasteiger partial charge in [0.2, 0.25) is 5.91 Å². The number of thioether (sulfide) groups is 1. The maximum atomic E-state index is 12.1. The van der Waals surface area contributed by atoms with Gasteiger partial charge in [0.15, 0.2) is 0 Å². The number of primary amides is 1. The maximum Gasteiger partial charge on any atom is 0.348 e. The second-order valence-electron chi connectivity index (χ2n) is 4.77. The summed E-state index contributed by atoms with van der Waals surface area (Å²) in [6.07, 6.45) is 0. The zero-order valence-electron chi connectivity index (χ0n) is 13.1. The lowest BCUT2D eigenvalue weighted by Crippen LogP contribution is -2.18. The fourth-order valence-electron chi connectivity index (χ4n) is 2.01. The van der Waals surface area contributed by atoms with Crippen LogP contribution in [0.2, 0.25) is 0 Å². The van der Waals surface area contributed by atoms with Crippen LogP contribution in [0.15, 0.2) is 35.2 Å². The summed E-state index contributed by atoms with van der Waals surface area (Å²) in [4.78, 5) is 36.7. The van der Waals surface area contributed by atoms with Crippen LogP contribution < -0.4 is 11.1 Å². The molecule has 1 heterocycles. The molecule has 0 bridgehead atoms. The van der Waals surface area contributed by atoms with Crippen LogP contribution in [0.1, 0.15) is 25.6 Å². The standard InChI is InChI=1S/C16H16N2O4S2/c1-9-12(14(17)20)15(24-13(9)16(21)22-2)18-11(19)8-23-10-6-4-3-5-7-10/h3-7H,8H2,1-2H3,(H2,17,20)(H,18,19). The monoisotopic (exact) mass is 364 g/mol. The number of rotatable bonds is 6. The minimum atomic E-state index is -0.704. The van der Waals surface area contributed by atoms with Crippen molar-refractivity contribution in [2.45, 2.75) is 11.8 Å². The Morgan fingerprint density at radius 3 is 2.50 bits per heavy atom. The molecule has 0 aliphatic heterocycles. The second-order valence-corrected chi connectivity index (χ2v) is 6.84. The zero-order valence-corrected chi connectivity index (χ0v) is 14.8. The van der Waals surface area contributed by atoms with E-state index >= 15 is 0 Å². The third kappa shape index (κ3) is 4.15. The molecule has 0 aliphatic rings. The highest BCUT2D eigenvalue weighted by atomic mass is 32.2. The highest BCUT2D eigenvalue weighted by molar-refractivity contribution is 8.00. The summed E-state index contributed by atoms with van der Waals surface area (Å²) < 4.78 is 4.68. The third-order valence-electron chi connectivity index (χ3n) is 3.13. The fraction of sp³-hybridized carbons (Fsp3) is 0.188. The molecule has 0 fully saturated rings. The first-order chi connectivity index (χ1) is 11.4. The summed E-state index contributed by atoms with van der Waals surface area (Å²) in [5, 5.41) is 2.92. The van der Waals surface area contributed by atoms with Gasteiger partial charge in [0.1, 0.15) is 9.88 Å². The number of nitrogens with two attached hydrogens (primary N) is 1. The number of carbonyl (C=O) groups is 3. The van der Waals surface area contributed by atoms with E-state index in [-0.39, 0.29) is 27.1 Å². The van der Waals surface area contributed by atoms with Crippen LogP contribution in [0.5, 0.6) is 0 Å². The molecule has 0 spiro atoms. The molecule has 8 heteroatoms. The minimum Gasteiger partial charge on any atom is -0.465 e. The summed E-state index contributed by atoms with van der Waals surface area (Å²) in [6, 6.07) is 9.47. The van der Waals surface area contributed by atoms with Gasteiger partial charge < -0.3 is 15.8 Å². The van der Waals surface area contributed by atoms with E-state index in [2.05, 4.69) is 10.1 Å². The van der Waals surface area contributed by atoms with E-state index in [1.54, 1.807) is 6.92 Å². The normalized spacial score (nSPS) is 10.2. The van der Waals surface area contributed by atoms with Gasteiger partial charge in [0.25, 0.3) is 5.91 Å². The highest BCUT2D eigenvalue weighted by Crippen LogP contribution is 2.33. The van der Waals surface area contributed by atoms with Crippen molar-refractivity contribution in [2.24, 2.45) is 5.73 Å². The molecule has 126 valence electrons. The Balaban J connectivity index is 2.14. The smallest absolute Gasteiger partial charge is 0.348 e. The van der Waals surface area contributed by atoms with Crippen molar-refractivity contribution >= 4 is 45.9 Å². The van der Waals surface area contributed by atoms with Gasteiger partial charge in [-0.3, -0.25) is 9.59 Å². The first kappa shape index (κ1) is 18.0. The van der Waals surface area contributed by atoms with Crippen molar-refractivity contribution in [1.82, 2.24) is 0 Å². The highest BCUT2D eigenvalue weighted by Gasteiger charge is 2.24. The van der Waals surface area contributed by atoms with Crippen molar-refractivity contribution in [2.75, 3.05) is 18.2 Å². The Kier molecular flexibility index (Phi) is 5.99. The molecular formula is C16H16N2O4S2. The molecule has 1 aromatic heterocycles. The molecule has 2 aromatic rings. The lowest BCUT2D eigenvalue weighted by Gasteiger charge is -2.05. The number of esters is 1. The molecule has 2 amide bonds. The molecule has 0 radical (unpaired) electrons. The molecule has 3 N–H and O–H groups in total. The zero-order chi connectivity index (χ0) is 17.7. The number of methoxy groups -OCH3 is 1. The van der Waals surface area contributed by atoms with E-state index in [0.29, 0.717) is 5.56 Å². The van der Waals surface area contributed by atoms with Gasteiger partial charge in [0.05, 0.1) is 18.4 Å². The van der Waals surface area contributed by atoms with Crippen LogP contribution in [0.4, 0.5) is 5.00 Å². The Labute approximate surface area is 147 Å². The fourth-order valence-corrected chi connectivity index (χ4v) is 3.88. The third-order valence-corrected chi connectivity index (χ3v) is 5.33. The van der Waals surface area contributed by atoms with Crippen molar-refractivity contribution in [3.05, 3.63) is 46.3 Å². The largest absolute Gasteiger partial charge is 0.465 e. The van der Waals surface area contributed by atoms with Crippen LogP contribution in [0.25, 0.3) is 0 Å². The van der Waals surface area contributed by atoms with Crippen molar-refractivity contribution in [1.29, 1.82) is 0 Å². The minimum absolute atomic E-state index is 0.137. The van der Waals surface area contributed by atoms with Gasteiger partial charge in [0, 0.05) is 4.90 Å². The topological polar surface area (TPSA) is 98.5 Å². The van der Waals surface area contributed by atoms with E-state index in [1.165, 1.54) is 18.9 Å². The van der Waals surface area contributed by atoms with E-state index < -0.39 is 11.9 Å². The van der Waals surface area contributed by atoms with Crippen LogP contribution in [-0.2, 0) is 9.53 Å². The predicted octanol–water partition coefficient (Wildman–Crippen LogP) is 2.67. The first-order valence-electron chi connectivity index (χ1n) is 6.93. The van der Waals surface area contributed by atoms with Crippen LogP contribution >= 0.6 is 23.1 Å². The maximum absolute atomic E-state index is 12.1. The molecule has 24 heavy (non-hydrogen) atoms. The van der Waals surface area contributed by atoms with E-state index in [9.17, 15) is 14.4 Å². The molecule has 2 rings (SSSR count). The summed E-state index contributed by atoms with van der Waals surface area (Å²) in [7, 11) is 1.25. The number of ether oxygens (including phenoxy) is 1. The van der Waals surface area contributed by atoms with Crippen LogP contribution in [0.3, 0.4) is 0 Å². The number of benzene rings is 1. The molecule has 0 saturated carbocycles. The number of anilines is 1. The summed E-state index contributed by atoms with van der Waals surface area (Å²) in [5.41, 5.74) is 5.92. The number of nitrogens with one attached hydrogen (secondary N) is 1. The van der Waals surface area contributed by atoms with Gasteiger partial charge in [-0.05, 0) is 24.6 Å². The Hall–Kier alpha value is -2.32. The van der Waals surface area contributed by atoms with Crippen LogP contribution in [0, 0.1) is 6.92 Å². The van der Waals surface area contributed by atoms with Crippen molar-refractivity contribution in [3.63, 3.8) is 0 Å². The molecule has 0 aliphatic carbocycles. The lowest BCUT2D eigenvalue weighted by atomic mass is 10.1. The second kappa shape index (κ2) is 7.98. The Morgan fingerprint density at radius 2 is 1.92 bits per heavy atom. The van der Waals surface area contributed by atoms with Gasteiger partial charge in [-0.25, -0.2) is 4.79 Å². The Bertz CT molecular complexity index is 772. The van der Waals surface area contributed by atoms with Gasteiger partial charge in [-0.1, -0.05) is 18.2 Å². The molecule has 0 saturated heterocycles. The van der Waals surface area contributed by atoms with Crippen molar-refractivity contribution < 1.29 is 19.1 Å². The number of amides is 2.